The standard InChI is InChI=1S/C14H16N4O3/c1-9(19)15-7-4-8-16-14(21)12-17-11-6-3-2-5-10(11)13(20)18-12/h2-3,5-6H,4,7-8H2,1H3,(H,15,19)(H,16,21)(H,17,18,20). The fourth-order valence-corrected chi connectivity index (χ4v) is 1.83. The summed E-state index contributed by atoms with van der Waals surface area (Å²) in [4.78, 5) is 41.0. The summed E-state index contributed by atoms with van der Waals surface area (Å²) in [5.74, 6) is -0.569. The van der Waals surface area contributed by atoms with E-state index in [4.69, 9.17) is 0 Å². The molecule has 0 bridgehead atoms. The zero-order chi connectivity index (χ0) is 15.2. The van der Waals surface area contributed by atoms with E-state index in [-0.39, 0.29) is 17.3 Å². The predicted octanol–water partition coefficient (Wildman–Crippen LogP) is 0.179. The van der Waals surface area contributed by atoms with Crippen LogP contribution in [-0.4, -0.2) is 34.9 Å². The van der Waals surface area contributed by atoms with Gasteiger partial charge in [-0.2, -0.15) is 0 Å². The van der Waals surface area contributed by atoms with Gasteiger partial charge >= 0.3 is 0 Å². The maximum absolute atomic E-state index is 11.9. The van der Waals surface area contributed by atoms with E-state index in [0.29, 0.717) is 30.4 Å². The summed E-state index contributed by atoms with van der Waals surface area (Å²) in [6, 6.07) is 6.82. The normalized spacial score (nSPS) is 10.3. The van der Waals surface area contributed by atoms with Crippen LogP contribution in [0.25, 0.3) is 10.9 Å². The minimum Gasteiger partial charge on any atom is -0.356 e. The Labute approximate surface area is 120 Å². The molecule has 0 saturated heterocycles. The highest BCUT2D eigenvalue weighted by atomic mass is 16.2. The molecule has 1 aromatic heterocycles. The first-order chi connectivity index (χ1) is 10.1. The summed E-state index contributed by atoms with van der Waals surface area (Å²) in [6.07, 6.45) is 0.600. The largest absolute Gasteiger partial charge is 0.356 e. The van der Waals surface area contributed by atoms with Crippen LogP contribution in [0.5, 0.6) is 0 Å². The van der Waals surface area contributed by atoms with E-state index in [1.165, 1.54) is 6.92 Å². The van der Waals surface area contributed by atoms with Gasteiger partial charge in [-0.05, 0) is 18.6 Å². The van der Waals surface area contributed by atoms with Crippen molar-refractivity contribution < 1.29 is 9.59 Å². The lowest BCUT2D eigenvalue weighted by atomic mass is 10.2. The number of carbonyl (C=O) groups excluding carboxylic acids is 2. The Balaban J connectivity index is 2.00. The van der Waals surface area contributed by atoms with E-state index < -0.39 is 5.91 Å². The van der Waals surface area contributed by atoms with Crippen LogP contribution in [0.3, 0.4) is 0 Å². The van der Waals surface area contributed by atoms with Crippen LogP contribution in [0.4, 0.5) is 0 Å². The molecule has 3 N–H and O–H groups in total. The van der Waals surface area contributed by atoms with Crippen molar-refractivity contribution in [3.05, 3.63) is 40.4 Å². The molecule has 0 atom stereocenters. The molecular formula is C14H16N4O3. The Morgan fingerprint density at radius 2 is 1.90 bits per heavy atom. The van der Waals surface area contributed by atoms with Gasteiger partial charge in [0.1, 0.15) is 0 Å². The molecule has 7 nitrogen and oxygen atoms in total. The number of benzene rings is 1. The van der Waals surface area contributed by atoms with Gasteiger partial charge < -0.3 is 15.6 Å². The average Bonchev–Trinajstić information content (AvgIpc) is 2.46. The summed E-state index contributed by atoms with van der Waals surface area (Å²) in [5, 5.41) is 5.71. The Morgan fingerprint density at radius 1 is 1.19 bits per heavy atom. The number of rotatable bonds is 5. The van der Waals surface area contributed by atoms with Crippen molar-refractivity contribution in [1.29, 1.82) is 0 Å². The molecule has 0 aliphatic heterocycles. The maximum Gasteiger partial charge on any atom is 0.287 e. The molecule has 21 heavy (non-hydrogen) atoms. The third kappa shape index (κ3) is 3.88. The summed E-state index contributed by atoms with van der Waals surface area (Å²) in [6.45, 7) is 2.30. The van der Waals surface area contributed by atoms with E-state index >= 15 is 0 Å². The highest BCUT2D eigenvalue weighted by Gasteiger charge is 2.10. The number of aromatic nitrogens is 2. The third-order valence-electron chi connectivity index (χ3n) is 2.84. The number of nitrogens with zero attached hydrogens (tertiary/aromatic N) is 1. The molecule has 0 aliphatic rings. The molecule has 110 valence electrons. The Bertz CT molecular complexity index is 723. The lowest BCUT2D eigenvalue weighted by Crippen LogP contribution is -2.31. The number of nitrogens with one attached hydrogen (secondary N) is 3. The molecule has 0 fully saturated rings. The summed E-state index contributed by atoms with van der Waals surface area (Å²) in [7, 11) is 0. The van der Waals surface area contributed by atoms with Gasteiger partial charge in [0.2, 0.25) is 5.91 Å². The van der Waals surface area contributed by atoms with Crippen LogP contribution < -0.4 is 16.2 Å². The van der Waals surface area contributed by atoms with Crippen LogP contribution in [0.15, 0.2) is 29.1 Å². The SMILES string of the molecule is CC(=O)NCCCNC(=O)c1nc2ccccc2c(=O)[nH]1. The van der Waals surface area contributed by atoms with E-state index in [1.807, 2.05) is 0 Å². The van der Waals surface area contributed by atoms with Gasteiger partial charge in [-0.1, -0.05) is 12.1 Å². The number of carbonyl (C=O) groups is 2. The van der Waals surface area contributed by atoms with Crippen molar-refractivity contribution in [1.82, 2.24) is 20.6 Å². The molecule has 2 rings (SSSR count). The van der Waals surface area contributed by atoms with Gasteiger partial charge in [-0.15, -0.1) is 0 Å². The number of aromatic amines is 1. The van der Waals surface area contributed by atoms with Crippen LogP contribution >= 0.6 is 0 Å². The molecular weight excluding hydrogens is 272 g/mol. The zero-order valence-corrected chi connectivity index (χ0v) is 11.6. The second-order valence-electron chi connectivity index (χ2n) is 4.52. The first-order valence-corrected chi connectivity index (χ1v) is 6.59. The highest BCUT2D eigenvalue weighted by Crippen LogP contribution is 2.05. The number of para-hydroxylation sites is 1. The number of hydrogen-bond acceptors (Lipinski definition) is 4. The van der Waals surface area contributed by atoms with Crippen LogP contribution in [0.2, 0.25) is 0 Å². The minimum atomic E-state index is -0.444. The van der Waals surface area contributed by atoms with Crippen LogP contribution in [-0.2, 0) is 4.79 Å². The smallest absolute Gasteiger partial charge is 0.287 e. The molecule has 0 aliphatic carbocycles. The Kier molecular flexibility index (Phi) is 4.65. The average molecular weight is 288 g/mol. The third-order valence-corrected chi connectivity index (χ3v) is 2.84. The van der Waals surface area contributed by atoms with Crippen molar-refractivity contribution in [3.8, 4) is 0 Å². The van der Waals surface area contributed by atoms with Gasteiger partial charge in [-0.25, -0.2) is 4.98 Å². The summed E-state index contributed by atoms with van der Waals surface area (Å²) >= 11 is 0. The monoisotopic (exact) mass is 288 g/mol. The molecule has 7 heteroatoms. The molecule has 0 radical (unpaired) electrons. The van der Waals surface area contributed by atoms with Crippen LogP contribution in [0.1, 0.15) is 24.0 Å². The molecule has 0 unspecified atom stereocenters. The van der Waals surface area contributed by atoms with Gasteiger partial charge in [0.05, 0.1) is 10.9 Å². The second kappa shape index (κ2) is 6.65. The van der Waals surface area contributed by atoms with Crippen molar-refractivity contribution >= 4 is 22.7 Å². The molecule has 2 aromatic rings. The van der Waals surface area contributed by atoms with E-state index in [1.54, 1.807) is 24.3 Å². The highest BCUT2D eigenvalue weighted by molar-refractivity contribution is 5.92. The van der Waals surface area contributed by atoms with Gasteiger partial charge in [0.25, 0.3) is 11.5 Å². The van der Waals surface area contributed by atoms with Crippen molar-refractivity contribution in [2.75, 3.05) is 13.1 Å². The van der Waals surface area contributed by atoms with E-state index in [2.05, 4.69) is 20.6 Å². The molecule has 1 heterocycles. The molecule has 0 spiro atoms. The number of H-pyrrole nitrogens is 1. The maximum atomic E-state index is 11.9. The minimum absolute atomic E-state index is 0.0155. The number of amides is 2. The second-order valence-corrected chi connectivity index (χ2v) is 4.52. The lowest BCUT2D eigenvalue weighted by molar-refractivity contribution is -0.118. The first kappa shape index (κ1) is 14.7. The quantitative estimate of drug-likeness (QED) is 0.683. The lowest BCUT2D eigenvalue weighted by Gasteiger charge is -2.05. The number of fused-ring (bicyclic) bond motifs is 1. The summed E-state index contributed by atoms with van der Waals surface area (Å²) in [5.41, 5.74) is 0.133. The fourth-order valence-electron chi connectivity index (χ4n) is 1.83. The zero-order valence-electron chi connectivity index (χ0n) is 11.6. The number of hydrogen-bond donors (Lipinski definition) is 3. The predicted molar refractivity (Wildman–Crippen MR) is 78.0 cm³/mol. The molecule has 2 amide bonds. The van der Waals surface area contributed by atoms with E-state index in [9.17, 15) is 14.4 Å². The van der Waals surface area contributed by atoms with Crippen molar-refractivity contribution in [2.24, 2.45) is 0 Å². The topological polar surface area (TPSA) is 104 Å². The van der Waals surface area contributed by atoms with Gasteiger partial charge in [-0.3, -0.25) is 14.4 Å². The molecule has 1 aromatic carbocycles. The Hall–Kier alpha value is -2.70. The van der Waals surface area contributed by atoms with Crippen LogP contribution in [0, 0.1) is 0 Å². The molecule has 0 saturated carbocycles. The van der Waals surface area contributed by atoms with Crippen molar-refractivity contribution in [2.45, 2.75) is 13.3 Å². The van der Waals surface area contributed by atoms with Gasteiger partial charge in [0.15, 0.2) is 5.82 Å². The first-order valence-electron chi connectivity index (χ1n) is 6.59. The Morgan fingerprint density at radius 3 is 2.67 bits per heavy atom. The summed E-state index contributed by atoms with van der Waals surface area (Å²) < 4.78 is 0. The van der Waals surface area contributed by atoms with Crippen molar-refractivity contribution in [3.63, 3.8) is 0 Å². The fraction of sp³-hybridized carbons (Fsp3) is 0.286. The van der Waals surface area contributed by atoms with E-state index in [0.717, 1.165) is 0 Å². The van der Waals surface area contributed by atoms with Gasteiger partial charge in [0, 0.05) is 20.0 Å².